The van der Waals surface area contributed by atoms with Gasteiger partial charge in [-0.1, -0.05) is 12.1 Å². The molecule has 1 aliphatic heterocycles. The fourth-order valence-electron chi connectivity index (χ4n) is 2.77. The summed E-state index contributed by atoms with van der Waals surface area (Å²) in [5, 5.41) is 12.9. The number of nitrogens with one attached hydrogen (secondary N) is 1. The number of rotatable bonds is 8. The molecule has 5 heteroatoms. The van der Waals surface area contributed by atoms with Crippen molar-refractivity contribution in [1.29, 1.82) is 0 Å². The van der Waals surface area contributed by atoms with Crippen LogP contribution in [0.15, 0.2) is 18.2 Å². The zero-order valence-corrected chi connectivity index (χ0v) is 13.7. The predicted molar refractivity (Wildman–Crippen MR) is 87.1 cm³/mol. The van der Waals surface area contributed by atoms with E-state index in [0.717, 1.165) is 56.9 Å². The third-order valence-electron chi connectivity index (χ3n) is 4.11. The van der Waals surface area contributed by atoms with E-state index in [9.17, 15) is 5.11 Å². The van der Waals surface area contributed by atoms with Crippen LogP contribution in [-0.4, -0.2) is 56.6 Å². The van der Waals surface area contributed by atoms with E-state index in [1.807, 2.05) is 0 Å². The van der Waals surface area contributed by atoms with Crippen molar-refractivity contribution in [2.75, 3.05) is 40.5 Å². The van der Waals surface area contributed by atoms with Crippen molar-refractivity contribution in [2.45, 2.75) is 32.0 Å². The van der Waals surface area contributed by atoms with Gasteiger partial charge in [0.2, 0.25) is 0 Å². The second-order valence-corrected chi connectivity index (χ2v) is 5.82. The molecule has 0 amide bonds. The minimum Gasteiger partial charge on any atom is -0.496 e. The molecule has 1 aliphatic rings. The SMILES string of the molecule is COCCNCc1ccc(CN2CCC(O)CC2)cc1OC. The highest BCUT2D eigenvalue weighted by Crippen LogP contribution is 2.22. The number of methoxy groups -OCH3 is 2. The molecule has 1 aromatic rings. The summed E-state index contributed by atoms with van der Waals surface area (Å²) in [6.07, 6.45) is 1.63. The third-order valence-corrected chi connectivity index (χ3v) is 4.11. The van der Waals surface area contributed by atoms with Crippen LogP contribution in [0.5, 0.6) is 5.75 Å². The van der Waals surface area contributed by atoms with E-state index in [0.29, 0.717) is 6.61 Å². The Labute approximate surface area is 133 Å². The molecule has 0 unspecified atom stereocenters. The van der Waals surface area contributed by atoms with Crippen LogP contribution in [-0.2, 0) is 17.8 Å². The molecule has 0 atom stereocenters. The van der Waals surface area contributed by atoms with Crippen LogP contribution >= 0.6 is 0 Å². The van der Waals surface area contributed by atoms with Crippen molar-refractivity contribution in [3.63, 3.8) is 0 Å². The monoisotopic (exact) mass is 308 g/mol. The van der Waals surface area contributed by atoms with Crippen molar-refractivity contribution in [2.24, 2.45) is 0 Å². The Bertz CT molecular complexity index is 446. The Balaban J connectivity index is 1.90. The molecule has 0 saturated carbocycles. The standard InChI is InChI=1S/C17H28N2O3/c1-21-10-7-18-12-15-4-3-14(11-17(15)22-2)13-19-8-5-16(20)6-9-19/h3-4,11,16,18,20H,5-10,12-13H2,1-2H3. The molecule has 22 heavy (non-hydrogen) atoms. The minimum absolute atomic E-state index is 0.119. The highest BCUT2D eigenvalue weighted by atomic mass is 16.5. The summed E-state index contributed by atoms with van der Waals surface area (Å²) in [5.74, 6) is 0.930. The van der Waals surface area contributed by atoms with E-state index >= 15 is 0 Å². The molecule has 2 N–H and O–H groups in total. The molecule has 0 spiro atoms. The van der Waals surface area contributed by atoms with Gasteiger partial charge in [-0.3, -0.25) is 4.90 Å². The van der Waals surface area contributed by atoms with Gasteiger partial charge in [-0.05, 0) is 24.5 Å². The Morgan fingerprint density at radius 2 is 2.05 bits per heavy atom. The summed E-state index contributed by atoms with van der Waals surface area (Å²) in [5.41, 5.74) is 2.42. The number of nitrogens with zero attached hydrogens (tertiary/aromatic N) is 1. The molecular weight excluding hydrogens is 280 g/mol. The van der Waals surface area contributed by atoms with Crippen LogP contribution < -0.4 is 10.1 Å². The zero-order chi connectivity index (χ0) is 15.8. The van der Waals surface area contributed by atoms with Crippen LogP contribution in [0, 0.1) is 0 Å². The van der Waals surface area contributed by atoms with Crippen LogP contribution in [0.3, 0.4) is 0 Å². The van der Waals surface area contributed by atoms with E-state index in [2.05, 4.69) is 28.4 Å². The molecule has 0 aromatic heterocycles. The largest absolute Gasteiger partial charge is 0.496 e. The van der Waals surface area contributed by atoms with E-state index in [4.69, 9.17) is 9.47 Å². The van der Waals surface area contributed by atoms with Crippen LogP contribution in [0.4, 0.5) is 0 Å². The molecule has 5 nitrogen and oxygen atoms in total. The fourth-order valence-corrected chi connectivity index (χ4v) is 2.77. The fraction of sp³-hybridized carbons (Fsp3) is 0.647. The molecule has 1 fully saturated rings. The Kier molecular flexibility index (Phi) is 7.12. The Hall–Kier alpha value is -1.14. The third kappa shape index (κ3) is 5.25. The Morgan fingerprint density at radius 1 is 1.27 bits per heavy atom. The summed E-state index contributed by atoms with van der Waals surface area (Å²) >= 11 is 0. The molecule has 1 aromatic carbocycles. The normalized spacial score (nSPS) is 16.9. The molecule has 124 valence electrons. The maximum Gasteiger partial charge on any atom is 0.123 e. The topological polar surface area (TPSA) is 54.0 Å². The maximum atomic E-state index is 9.57. The highest BCUT2D eigenvalue weighted by Gasteiger charge is 2.17. The maximum absolute atomic E-state index is 9.57. The number of aliphatic hydroxyl groups excluding tert-OH is 1. The zero-order valence-electron chi connectivity index (χ0n) is 13.7. The van der Waals surface area contributed by atoms with Crippen molar-refractivity contribution in [1.82, 2.24) is 10.2 Å². The lowest BCUT2D eigenvalue weighted by Gasteiger charge is -2.29. The van der Waals surface area contributed by atoms with Gasteiger partial charge in [-0.2, -0.15) is 0 Å². The first-order valence-corrected chi connectivity index (χ1v) is 7.98. The summed E-state index contributed by atoms with van der Waals surface area (Å²) in [7, 11) is 3.42. The second-order valence-electron chi connectivity index (χ2n) is 5.82. The van der Waals surface area contributed by atoms with Crippen LogP contribution in [0.25, 0.3) is 0 Å². The quantitative estimate of drug-likeness (QED) is 0.711. The van der Waals surface area contributed by atoms with Gasteiger partial charge < -0.3 is 19.9 Å². The molecule has 2 rings (SSSR count). The van der Waals surface area contributed by atoms with Gasteiger partial charge in [0.15, 0.2) is 0 Å². The average molecular weight is 308 g/mol. The minimum atomic E-state index is -0.119. The number of aliphatic hydroxyl groups is 1. The molecule has 0 radical (unpaired) electrons. The number of ether oxygens (including phenoxy) is 2. The van der Waals surface area contributed by atoms with E-state index in [1.165, 1.54) is 5.56 Å². The number of piperidine rings is 1. The number of likely N-dealkylation sites (tertiary alicyclic amines) is 1. The van der Waals surface area contributed by atoms with Crippen LogP contribution in [0.1, 0.15) is 24.0 Å². The number of hydrogen-bond acceptors (Lipinski definition) is 5. The number of hydrogen-bond donors (Lipinski definition) is 2. The molecule has 0 bridgehead atoms. The van der Waals surface area contributed by atoms with Gasteiger partial charge in [0.1, 0.15) is 5.75 Å². The van der Waals surface area contributed by atoms with Gasteiger partial charge in [-0.15, -0.1) is 0 Å². The molecule has 1 heterocycles. The van der Waals surface area contributed by atoms with Crippen molar-refractivity contribution in [3.05, 3.63) is 29.3 Å². The van der Waals surface area contributed by atoms with Gasteiger partial charge in [-0.25, -0.2) is 0 Å². The van der Waals surface area contributed by atoms with Gasteiger partial charge in [0.05, 0.1) is 19.8 Å². The van der Waals surface area contributed by atoms with Crippen LogP contribution in [0.2, 0.25) is 0 Å². The first kappa shape index (κ1) is 17.2. The smallest absolute Gasteiger partial charge is 0.123 e. The van der Waals surface area contributed by atoms with E-state index in [1.54, 1.807) is 14.2 Å². The van der Waals surface area contributed by atoms with E-state index < -0.39 is 0 Å². The Morgan fingerprint density at radius 3 is 2.73 bits per heavy atom. The first-order valence-electron chi connectivity index (χ1n) is 7.98. The van der Waals surface area contributed by atoms with Gasteiger partial charge >= 0.3 is 0 Å². The van der Waals surface area contributed by atoms with Crippen molar-refractivity contribution >= 4 is 0 Å². The predicted octanol–water partition coefficient (Wildman–Crippen LogP) is 1.39. The summed E-state index contributed by atoms with van der Waals surface area (Å²) in [4.78, 5) is 2.39. The average Bonchev–Trinajstić information content (AvgIpc) is 2.54. The van der Waals surface area contributed by atoms with Gasteiger partial charge in [0, 0.05) is 45.4 Å². The molecule has 1 saturated heterocycles. The van der Waals surface area contributed by atoms with Crippen molar-refractivity contribution < 1.29 is 14.6 Å². The highest BCUT2D eigenvalue weighted by molar-refractivity contribution is 5.37. The number of benzene rings is 1. The first-order chi connectivity index (χ1) is 10.7. The van der Waals surface area contributed by atoms with Crippen molar-refractivity contribution in [3.8, 4) is 5.75 Å². The lowest BCUT2D eigenvalue weighted by Crippen LogP contribution is -2.35. The molecule has 0 aliphatic carbocycles. The van der Waals surface area contributed by atoms with Gasteiger partial charge in [0.25, 0.3) is 0 Å². The molecular formula is C17H28N2O3. The lowest BCUT2D eigenvalue weighted by molar-refractivity contribution is 0.0792. The summed E-state index contributed by atoms with van der Waals surface area (Å²) in [6.45, 7) is 5.16. The summed E-state index contributed by atoms with van der Waals surface area (Å²) in [6, 6.07) is 6.42. The van der Waals surface area contributed by atoms with E-state index in [-0.39, 0.29) is 6.10 Å². The lowest BCUT2D eigenvalue weighted by atomic mass is 10.1. The second kappa shape index (κ2) is 9.10. The summed E-state index contributed by atoms with van der Waals surface area (Å²) < 4.78 is 10.5.